The minimum atomic E-state index is -0.166. The number of hydrogen-bond donors (Lipinski definition) is 2. The summed E-state index contributed by atoms with van der Waals surface area (Å²) in [5.41, 5.74) is 8.13. The molecule has 0 saturated carbocycles. The molecule has 0 aliphatic carbocycles. The molecule has 0 bridgehead atoms. The Kier molecular flexibility index (Phi) is 4.74. The van der Waals surface area contributed by atoms with Gasteiger partial charge in [-0.1, -0.05) is 6.07 Å². The lowest BCUT2D eigenvalue weighted by molar-refractivity contribution is -0.115. The molecule has 0 radical (unpaired) electrons. The van der Waals surface area contributed by atoms with Gasteiger partial charge in [-0.05, 0) is 43.7 Å². The number of hydrogen-bond acceptors (Lipinski definition) is 4. The van der Waals surface area contributed by atoms with E-state index in [1.807, 2.05) is 38.1 Å². The van der Waals surface area contributed by atoms with E-state index >= 15 is 0 Å². The number of nitrogen functional groups attached to an aromatic ring is 1. The third kappa shape index (κ3) is 3.81. The van der Waals surface area contributed by atoms with Crippen LogP contribution < -0.4 is 11.1 Å². The number of aryl methyl sites for hydroxylation is 1. The van der Waals surface area contributed by atoms with Crippen LogP contribution in [0.1, 0.15) is 18.2 Å². The summed E-state index contributed by atoms with van der Waals surface area (Å²) in [6.07, 6.45) is 1.64. The lowest BCUT2D eigenvalue weighted by Gasteiger charge is -2.13. The summed E-state index contributed by atoms with van der Waals surface area (Å²) >= 11 is 1.53. The molecule has 0 spiro atoms. The highest BCUT2D eigenvalue weighted by molar-refractivity contribution is 7.99. The van der Waals surface area contributed by atoms with Crippen LogP contribution in [0.4, 0.5) is 11.4 Å². The second-order valence-electron chi connectivity index (χ2n) is 4.60. The fourth-order valence-electron chi connectivity index (χ4n) is 1.69. The van der Waals surface area contributed by atoms with Gasteiger partial charge in [-0.25, -0.2) is 0 Å². The lowest BCUT2D eigenvalue weighted by Crippen LogP contribution is -2.23. The number of anilines is 2. The number of amides is 1. The van der Waals surface area contributed by atoms with Crippen LogP contribution in [0, 0.1) is 6.92 Å². The molecule has 1 unspecified atom stereocenters. The van der Waals surface area contributed by atoms with Gasteiger partial charge < -0.3 is 15.5 Å². The van der Waals surface area contributed by atoms with Gasteiger partial charge in [-0.2, -0.15) is 0 Å². The summed E-state index contributed by atoms with van der Waals surface area (Å²) in [6.45, 7) is 3.82. The normalized spacial score (nSPS) is 12.1. The van der Waals surface area contributed by atoms with Crippen LogP contribution in [0.25, 0.3) is 0 Å². The Morgan fingerprint density at radius 2 is 2.25 bits per heavy atom. The number of thioether (sulfide) groups is 1. The van der Waals surface area contributed by atoms with Gasteiger partial charge in [0.2, 0.25) is 5.91 Å². The molecule has 3 N–H and O–H groups in total. The molecule has 4 nitrogen and oxygen atoms in total. The molecule has 1 aromatic carbocycles. The van der Waals surface area contributed by atoms with Gasteiger partial charge in [0.05, 0.1) is 17.3 Å². The van der Waals surface area contributed by atoms with E-state index in [1.54, 1.807) is 12.3 Å². The third-order valence-electron chi connectivity index (χ3n) is 2.94. The SMILES string of the molecule is Cc1ccc(N)cc1NC(=O)C(C)SCc1ccco1. The first-order valence-electron chi connectivity index (χ1n) is 6.37. The average Bonchev–Trinajstić information content (AvgIpc) is 2.93. The van der Waals surface area contributed by atoms with Crippen molar-refractivity contribution in [3.05, 3.63) is 47.9 Å². The van der Waals surface area contributed by atoms with Crippen molar-refractivity contribution >= 4 is 29.0 Å². The molecule has 5 heteroatoms. The Labute approximate surface area is 122 Å². The number of furan rings is 1. The zero-order valence-corrected chi connectivity index (χ0v) is 12.4. The number of nitrogens with two attached hydrogens (primary N) is 1. The minimum absolute atomic E-state index is 0.0322. The number of benzene rings is 1. The van der Waals surface area contributed by atoms with Crippen LogP contribution in [0.2, 0.25) is 0 Å². The van der Waals surface area contributed by atoms with E-state index in [-0.39, 0.29) is 11.2 Å². The number of rotatable bonds is 5. The summed E-state index contributed by atoms with van der Waals surface area (Å²) in [5, 5.41) is 2.74. The lowest BCUT2D eigenvalue weighted by atomic mass is 10.2. The van der Waals surface area contributed by atoms with E-state index in [0.29, 0.717) is 11.4 Å². The van der Waals surface area contributed by atoms with Crippen LogP contribution in [-0.4, -0.2) is 11.2 Å². The molecule has 1 heterocycles. The number of carbonyl (C=O) groups excluding carboxylic acids is 1. The second-order valence-corrected chi connectivity index (χ2v) is 5.93. The summed E-state index contributed by atoms with van der Waals surface area (Å²) in [4.78, 5) is 12.1. The van der Waals surface area contributed by atoms with Crippen molar-refractivity contribution < 1.29 is 9.21 Å². The Morgan fingerprint density at radius 3 is 2.95 bits per heavy atom. The molecule has 2 rings (SSSR count). The maximum atomic E-state index is 12.1. The Bertz CT molecular complexity index is 582. The van der Waals surface area contributed by atoms with E-state index in [9.17, 15) is 4.79 Å². The van der Waals surface area contributed by atoms with Crippen molar-refractivity contribution in [2.24, 2.45) is 0 Å². The van der Waals surface area contributed by atoms with Crippen molar-refractivity contribution in [1.82, 2.24) is 0 Å². The fraction of sp³-hybridized carbons (Fsp3) is 0.267. The molecule has 1 atom stereocenters. The van der Waals surface area contributed by atoms with Crippen LogP contribution in [0.15, 0.2) is 41.0 Å². The highest BCUT2D eigenvalue weighted by atomic mass is 32.2. The Balaban J connectivity index is 1.92. The van der Waals surface area contributed by atoms with Gasteiger partial charge in [0.25, 0.3) is 0 Å². The van der Waals surface area contributed by atoms with Crippen molar-refractivity contribution in [3.8, 4) is 0 Å². The van der Waals surface area contributed by atoms with Gasteiger partial charge in [0.1, 0.15) is 5.76 Å². The molecule has 106 valence electrons. The van der Waals surface area contributed by atoms with Crippen molar-refractivity contribution in [2.75, 3.05) is 11.1 Å². The maximum absolute atomic E-state index is 12.1. The predicted octanol–water partition coefficient (Wildman–Crippen LogP) is 3.43. The summed E-state index contributed by atoms with van der Waals surface area (Å²) < 4.78 is 5.25. The first-order chi connectivity index (χ1) is 9.56. The maximum Gasteiger partial charge on any atom is 0.237 e. The molecular weight excluding hydrogens is 272 g/mol. The molecule has 1 aromatic heterocycles. The molecular formula is C15H18N2O2S. The molecule has 0 aliphatic rings. The largest absolute Gasteiger partial charge is 0.468 e. The molecule has 0 fully saturated rings. The molecule has 2 aromatic rings. The zero-order chi connectivity index (χ0) is 14.5. The highest BCUT2D eigenvalue weighted by Gasteiger charge is 2.15. The highest BCUT2D eigenvalue weighted by Crippen LogP contribution is 2.22. The Hall–Kier alpha value is -1.88. The van der Waals surface area contributed by atoms with E-state index in [1.165, 1.54) is 11.8 Å². The molecule has 0 saturated heterocycles. The van der Waals surface area contributed by atoms with Gasteiger partial charge in [0.15, 0.2) is 0 Å². The third-order valence-corrected chi connectivity index (χ3v) is 4.11. The Morgan fingerprint density at radius 1 is 1.45 bits per heavy atom. The summed E-state index contributed by atoms with van der Waals surface area (Å²) in [5.74, 6) is 1.52. The standard InChI is InChI=1S/C15H18N2O2S/c1-10-5-6-12(16)8-14(10)17-15(18)11(2)20-9-13-4-3-7-19-13/h3-8,11H,9,16H2,1-2H3,(H,17,18). The van der Waals surface area contributed by atoms with E-state index in [0.717, 1.165) is 17.0 Å². The molecule has 1 amide bonds. The predicted molar refractivity (Wildman–Crippen MR) is 83.7 cm³/mol. The van der Waals surface area contributed by atoms with Crippen LogP contribution >= 0.6 is 11.8 Å². The quantitative estimate of drug-likeness (QED) is 0.828. The van der Waals surface area contributed by atoms with Crippen LogP contribution in [0.3, 0.4) is 0 Å². The van der Waals surface area contributed by atoms with Gasteiger partial charge in [0, 0.05) is 11.4 Å². The molecule has 0 aliphatic heterocycles. The first-order valence-corrected chi connectivity index (χ1v) is 7.42. The average molecular weight is 290 g/mol. The van der Waals surface area contributed by atoms with Gasteiger partial charge in [-0.15, -0.1) is 11.8 Å². The van der Waals surface area contributed by atoms with Crippen molar-refractivity contribution in [1.29, 1.82) is 0 Å². The van der Waals surface area contributed by atoms with E-state index in [2.05, 4.69) is 5.32 Å². The van der Waals surface area contributed by atoms with E-state index < -0.39 is 0 Å². The van der Waals surface area contributed by atoms with Crippen molar-refractivity contribution in [2.45, 2.75) is 24.9 Å². The van der Waals surface area contributed by atoms with Gasteiger partial charge in [-0.3, -0.25) is 4.79 Å². The molecule has 20 heavy (non-hydrogen) atoms. The van der Waals surface area contributed by atoms with Crippen molar-refractivity contribution in [3.63, 3.8) is 0 Å². The fourth-order valence-corrected chi connectivity index (χ4v) is 2.48. The smallest absolute Gasteiger partial charge is 0.237 e. The monoisotopic (exact) mass is 290 g/mol. The minimum Gasteiger partial charge on any atom is -0.468 e. The zero-order valence-electron chi connectivity index (χ0n) is 11.6. The number of carbonyl (C=O) groups is 1. The first kappa shape index (κ1) is 14.5. The topological polar surface area (TPSA) is 68.3 Å². The van der Waals surface area contributed by atoms with E-state index in [4.69, 9.17) is 10.2 Å². The number of nitrogens with one attached hydrogen (secondary N) is 1. The summed E-state index contributed by atoms with van der Waals surface area (Å²) in [6, 6.07) is 9.24. The van der Waals surface area contributed by atoms with Crippen LogP contribution in [0.5, 0.6) is 0 Å². The van der Waals surface area contributed by atoms with Crippen LogP contribution in [-0.2, 0) is 10.5 Å². The van der Waals surface area contributed by atoms with Gasteiger partial charge >= 0.3 is 0 Å². The summed E-state index contributed by atoms with van der Waals surface area (Å²) in [7, 11) is 0. The second kappa shape index (κ2) is 6.52.